The molecule has 0 saturated heterocycles. The largest absolute Gasteiger partial charge is 0.366 e. The number of benzene rings is 1. The van der Waals surface area contributed by atoms with Gasteiger partial charge in [-0.1, -0.05) is 11.9 Å². The number of rotatable bonds is 9. The molecule has 1 aliphatic rings. The summed E-state index contributed by atoms with van der Waals surface area (Å²) in [7, 11) is 0. The second-order valence-electron chi connectivity index (χ2n) is 6.70. The minimum atomic E-state index is -0.929. The number of hydrogen-bond acceptors (Lipinski definition) is 7. The number of nitrogens with zero attached hydrogens (tertiary/aromatic N) is 2. The quantitative estimate of drug-likeness (QED) is 0.305. The van der Waals surface area contributed by atoms with Crippen molar-refractivity contribution in [2.75, 3.05) is 27.8 Å². The average molecular weight is 454 g/mol. The summed E-state index contributed by atoms with van der Waals surface area (Å²) in [5, 5.41) is 7.20. The number of nitrogens with one attached hydrogen (secondary N) is 3. The first-order valence-electron chi connectivity index (χ1n) is 9.30. The smallest absolute Gasteiger partial charge is 0.258 e. The maximum atomic E-state index is 14.7. The van der Waals surface area contributed by atoms with Gasteiger partial charge in [0.1, 0.15) is 23.6 Å². The Morgan fingerprint density at radius 1 is 1.27 bits per heavy atom. The number of fused-ring (bicyclic) bond motifs is 1. The number of carbonyl (C=O) groups is 1. The molecule has 0 aliphatic heterocycles. The van der Waals surface area contributed by atoms with Gasteiger partial charge in [-0.2, -0.15) is 0 Å². The highest BCUT2D eigenvalue weighted by molar-refractivity contribution is 8.00. The monoisotopic (exact) mass is 453 g/mol. The van der Waals surface area contributed by atoms with Crippen LogP contribution in [0.1, 0.15) is 29.6 Å². The van der Waals surface area contributed by atoms with Crippen LogP contribution >= 0.6 is 23.3 Å². The Morgan fingerprint density at radius 2 is 2.10 bits per heavy atom. The van der Waals surface area contributed by atoms with Gasteiger partial charge < -0.3 is 15.4 Å². The highest BCUT2D eigenvalue weighted by Gasteiger charge is 2.25. The molecule has 2 aromatic heterocycles. The van der Waals surface area contributed by atoms with Crippen LogP contribution in [-0.2, 0) is 0 Å². The van der Waals surface area contributed by atoms with Crippen molar-refractivity contribution in [1.29, 1.82) is 0 Å². The number of halogens is 3. The van der Waals surface area contributed by atoms with Gasteiger partial charge in [0.25, 0.3) is 5.91 Å². The van der Waals surface area contributed by atoms with Crippen LogP contribution in [0.4, 0.5) is 30.4 Å². The van der Waals surface area contributed by atoms with E-state index in [1.165, 1.54) is 23.7 Å². The molecule has 1 fully saturated rings. The van der Waals surface area contributed by atoms with Crippen LogP contribution < -0.4 is 15.4 Å². The lowest BCUT2D eigenvalue weighted by Gasteiger charge is -2.12. The maximum Gasteiger partial charge on any atom is 0.258 e. The lowest BCUT2D eigenvalue weighted by Crippen LogP contribution is -2.15. The number of thiophene rings is 1. The molecular formula is C19H18F3N5OS2. The van der Waals surface area contributed by atoms with Crippen LogP contribution in [-0.4, -0.2) is 34.3 Å². The fourth-order valence-corrected chi connectivity index (χ4v) is 4.34. The van der Waals surface area contributed by atoms with E-state index < -0.39 is 29.9 Å². The average Bonchev–Trinajstić information content (AvgIpc) is 3.44. The molecule has 1 aliphatic carbocycles. The van der Waals surface area contributed by atoms with Crippen molar-refractivity contribution in [3.05, 3.63) is 41.0 Å². The molecular weight excluding hydrogens is 435 g/mol. The van der Waals surface area contributed by atoms with Gasteiger partial charge in [0, 0.05) is 17.2 Å². The van der Waals surface area contributed by atoms with Gasteiger partial charge in [-0.25, -0.2) is 18.7 Å². The third kappa shape index (κ3) is 4.46. The Kier molecular flexibility index (Phi) is 6.28. The molecule has 3 N–H and O–H groups in total. The van der Waals surface area contributed by atoms with Crippen molar-refractivity contribution in [2.45, 2.75) is 25.3 Å². The number of hydrogen-bond donors (Lipinski definition) is 3. The van der Waals surface area contributed by atoms with E-state index in [0.29, 0.717) is 29.6 Å². The van der Waals surface area contributed by atoms with E-state index in [9.17, 15) is 18.0 Å². The normalized spacial score (nSPS) is 13.4. The van der Waals surface area contributed by atoms with E-state index in [4.69, 9.17) is 0 Å². The molecule has 3 aromatic rings. The number of carbonyl (C=O) groups excluding carboxylic acids is 1. The highest BCUT2D eigenvalue weighted by Crippen LogP contribution is 2.34. The number of amides is 1. The molecule has 1 amide bonds. The van der Waals surface area contributed by atoms with Crippen LogP contribution in [0.2, 0.25) is 0 Å². The van der Waals surface area contributed by atoms with Gasteiger partial charge >= 0.3 is 0 Å². The maximum absolute atomic E-state index is 14.7. The third-order valence-corrected chi connectivity index (χ3v) is 6.24. The zero-order chi connectivity index (χ0) is 21.1. The Bertz CT molecular complexity index is 1070. The number of alkyl halides is 1. The zero-order valence-electron chi connectivity index (χ0n) is 15.7. The van der Waals surface area contributed by atoms with Crippen LogP contribution in [0.5, 0.6) is 0 Å². The molecule has 1 saturated carbocycles. The van der Waals surface area contributed by atoms with Gasteiger partial charge in [0.15, 0.2) is 5.82 Å². The Balaban J connectivity index is 1.55. The summed E-state index contributed by atoms with van der Waals surface area (Å²) in [4.78, 5) is 21.2. The second kappa shape index (κ2) is 9.09. The molecule has 30 heavy (non-hydrogen) atoms. The Labute approximate surface area is 178 Å². The molecule has 4 rings (SSSR count). The molecule has 0 unspecified atom stereocenters. The van der Waals surface area contributed by atoms with E-state index >= 15 is 0 Å². The standard InChI is InChI=1S/C19H18F3N5OS2/c20-6-1-7-30-27-13-5-4-12(21)16(14(13)22)26-19(28)11-8-29-17-15(11)23-9-24-18(17)25-10-2-3-10/h4-5,8-10,27H,1-3,6-7H2,(H,26,28)(H,23,24,25). The predicted molar refractivity (Wildman–Crippen MR) is 115 cm³/mol. The van der Waals surface area contributed by atoms with E-state index in [-0.39, 0.29) is 11.3 Å². The summed E-state index contributed by atoms with van der Waals surface area (Å²) in [5.74, 6) is -1.42. The Morgan fingerprint density at radius 3 is 2.87 bits per heavy atom. The first-order chi connectivity index (χ1) is 14.6. The molecule has 0 radical (unpaired) electrons. The van der Waals surface area contributed by atoms with Crippen LogP contribution in [0.25, 0.3) is 10.2 Å². The molecule has 0 atom stereocenters. The molecule has 2 heterocycles. The molecule has 0 spiro atoms. The van der Waals surface area contributed by atoms with Crippen LogP contribution in [0.3, 0.4) is 0 Å². The van der Waals surface area contributed by atoms with Crippen molar-refractivity contribution in [3.63, 3.8) is 0 Å². The topological polar surface area (TPSA) is 78.9 Å². The van der Waals surface area contributed by atoms with Gasteiger partial charge in [-0.3, -0.25) is 9.18 Å². The van der Waals surface area contributed by atoms with Crippen molar-refractivity contribution in [1.82, 2.24) is 9.97 Å². The van der Waals surface area contributed by atoms with E-state index in [1.807, 2.05) is 0 Å². The predicted octanol–water partition coefficient (Wildman–Crippen LogP) is 5.22. The van der Waals surface area contributed by atoms with Gasteiger partial charge in [-0.15, -0.1) is 11.3 Å². The summed E-state index contributed by atoms with van der Waals surface area (Å²) in [5.41, 5.74) is 0.0862. The van der Waals surface area contributed by atoms with Crippen molar-refractivity contribution < 1.29 is 18.0 Å². The zero-order valence-corrected chi connectivity index (χ0v) is 17.3. The lowest BCUT2D eigenvalue weighted by atomic mass is 10.2. The lowest BCUT2D eigenvalue weighted by molar-refractivity contribution is 0.102. The molecule has 6 nitrogen and oxygen atoms in total. The van der Waals surface area contributed by atoms with E-state index in [0.717, 1.165) is 35.6 Å². The molecule has 158 valence electrons. The fourth-order valence-electron chi connectivity index (χ4n) is 2.72. The Hall–Kier alpha value is -2.53. The number of anilines is 3. The van der Waals surface area contributed by atoms with Gasteiger partial charge in [0.05, 0.1) is 28.1 Å². The van der Waals surface area contributed by atoms with Crippen LogP contribution in [0, 0.1) is 11.6 Å². The first kappa shape index (κ1) is 20.7. The van der Waals surface area contributed by atoms with Crippen molar-refractivity contribution >= 4 is 56.6 Å². The van der Waals surface area contributed by atoms with Crippen molar-refractivity contribution in [3.8, 4) is 0 Å². The van der Waals surface area contributed by atoms with Crippen molar-refractivity contribution in [2.24, 2.45) is 0 Å². The third-order valence-electron chi connectivity index (χ3n) is 4.41. The summed E-state index contributed by atoms with van der Waals surface area (Å²) in [6, 6.07) is 2.66. The second-order valence-corrected chi connectivity index (χ2v) is 8.48. The van der Waals surface area contributed by atoms with E-state index in [2.05, 4.69) is 25.3 Å². The highest BCUT2D eigenvalue weighted by atomic mass is 32.2. The summed E-state index contributed by atoms with van der Waals surface area (Å²) in [6.45, 7) is -0.474. The fraction of sp³-hybridized carbons (Fsp3) is 0.316. The number of aromatic nitrogens is 2. The van der Waals surface area contributed by atoms with Gasteiger partial charge in [-0.05, 0) is 31.4 Å². The minimum Gasteiger partial charge on any atom is -0.366 e. The summed E-state index contributed by atoms with van der Waals surface area (Å²) >= 11 is 2.40. The molecule has 0 bridgehead atoms. The SMILES string of the molecule is O=C(Nc1c(F)ccc(NSCCCF)c1F)c1csc2c(NC3CC3)ncnc12. The minimum absolute atomic E-state index is 0.00368. The summed E-state index contributed by atoms with van der Waals surface area (Å²) < 4.78 is 44.6. The molecule has 1 aromatic carbocycles. The van der Waals surface area contributed by atoms with Crippen LogP contribution in [0.15, 0.2) is 23.8 Å². The molecule has 11 heteroatoms. The summed E-state index contributed by atoms with van der Waals surface area (Å²) in [6.07, 6.45) is 3.81. The van der Waals surface area contributed by atoms with E-state index in [1.54, 1.807) is 5.38 Å². The first-order valence-corrected chi connectivity index (χ1v) is 11.2. The van der Waals surface area contributed by atoms with Gasteiger partial charge in [0.2, 0.25) is 0 Å².